The molecule has 0 saturated carbocycles. The van der Waals surface area contributed by atoms with Crippen molar-refractivity contribution in [3.8, 4) is 0 Å². The van der Waals surface area contributed by atoms with E-state index in [0.717, 1.165) is 15.6 Å². The Labute approximate surface area is 198 Å². The number of nitrogens with zero attached hydrogens (tertiary/aromatic N) is 4. The van der Waals surface area contributed by atoms with Crippen LogP contribution in [-0.2, 0) is 24.4 Å². The zero-order valence-electron chi connectivity index (χ0n) is 18.6. The van der Waals surface area contributed by atoms with Crippen LogP contribution in [0.5, 0.6) is 0 Å². The molecule has 0 spiro atoms. The van der Waals surface area contributed by atoms with Gasteiger partial charge in [0, 0.05) is 16.7 Å². The van der Waals surface area contributed by atoms with Crippen molar-refractivity contribution in [3.63, 3.8) is 0 Å². The highest BCUT2D eigenvalue weighted by Crippen LogP contribution is 2.20. The summed E-state index contributed by atoms with van der Waals surface area (Å²) in [4.78, 5) is 39.7. The van der Waals surface area contributed by atoms with Gasteiger partial charge in [-0.05, 0) is 50.1 Å². The van der Waals surface area contributed by atoms with Gasteiger partial charge in [-0.3, -0.25) is 23.4 Å². The molecule has 170 valence electrons. The number of halogens is 1. The van der Waals surface area contributed by atoms with E-state index < -0.39 is 11.2 Å². The number of nitrogens with one attached hydrogen (secondary N) is 1. The fourth-order valence-corrected chi connectivity index (χ4v) is 4.16. The van der Waals surface area contributed by atoms with E-state index in [2.05, 4.69) is 26.3 Å². The monoisotopic (exact) mass is 509 g/mol. The Morgan fingerprint density at radius 2 is 1.76 bits per heavy atom. The molecular formula is C24H24BrN5O3. The number of aromatic nitrogens is 4. The fraction of sp³-hybridized carbons (Fsp3) is 0.250. The molecule has 2 aromatic carbocycles. The SMILES string of the molecule is CCn1nc(C)c2c1c(=O)n(Cc1ccccc1)c(=O)n2CC(=O)Nc1ccc(Br)c(C)c1. The lowest BCUT2D eigenvalue weighted by Gasteiger charge is -2.14. The lowest BCUT2D eigenvalue weighted by atomic mass is 10.2. The van der Waals surface area contributed by atoms with Gasteiger partial charge < -0.3 is 5.32 Å². The lowest BCUT2D eigenvalue weighted by Crippen LogP contribution is -2.42. The van der Waals surface area contributed by atoms with Crippen molar-refractivity contribution in [1.29, 1.82) is 0 Å². The molecule has 0 aliphatic heterocycles. The average Bonchev–Trinajstić information content (AvgIpc) is 3.14. The number of amides is 1. The van der Waals surface area contributed by atoms with Gasteiger partial charge in [0.1, 0.15) is 12.1 Å². The van der Waals surface area contributed by atoms with Crippen molar-refractivity contribution in [2.24, 2.45) is 0 Å². The Hall–Kier alpha value is -3.46. The first-order chi connectivity index (χ1) is 15.8. The first-order valence-corrected chi connectivity index (χ1v) is 11.4. The van der Waals surface area contributed by atoms with Gasteiger partial charge in [0.2, 0.25) is 5.91 Å². The van der Waals surface area contributed by atoms with Crippen LogP contribution >= 0.6 is 15.9 Å². The maximum atomic E-state index is 13.4. The van der Waals surface area contributed by atoms with Gasteiger partial charge in [0.25, 0.3) is 5.56 Å². The molecule has 4 aromatic rings. The molecule has 0 aliphatic rings. The molecule has 0 saturated heterocycles. The Bertz CT molecular complexity index is 1470. The number of fused-ring (bicyclic) bond motifs is 1. The van der Waals surface area contributed by atoms with Crippen molar-refractivity contribution < 1.29 is 4.79 Å². The van der Waals surface area contributed by atoms with Crippen LogP contribution in [0.1, 0.15) is 23.7 Å². The van der Waals surface area contributed by atoms with Crippen molar-refractivity contribution in [2.75, 3.05) is 5.32 Å². The summed E-state index contributed by atoms with van der Waals surface area (Å²) < 4.78 is 5.03. The highest BCUT2D eigenvalue weighted by atomic mass is 79.9. The number of rotatable bonds is 6. The molecule has 4 rings (SSSR count). The third-order valence-electron chi connectivity index (χ3n) is 5.50. The van der Waals surface area contributed by atoms with Gasteiger partial charge in [-0.2, -0.15) is 5.10 Å². The Kier molecular flexibility index (Phi) is 6.33. The molecule has 0 radical (unpaired) electrons. The molecule has 0 bridgehead atoms. The third-order valence-corrected chi connectivity index (χ3v) is 6.39. The fourth-order valence-electron chi connectivity index (χ4n) is 3.91. The molecule has 2 heterocycles. The van der Waals surface area contributed by atoms with E-state index in [9.17, 15) is 14.4 Å². The molecular weight excluding hydrogens is 486 g/mol. The minimum atomic E-state index is -0.544. The third kappa shape index (κ3) is 4.41. The summed E-state index contributed by atoms with van der Waals surface area (Å²) in [5, 5.41) is 7.28. The van der Waals surface area contributed by atoms with E-state index in [0.29, 0.717) is 29.0 Å². The quantitative estimate of drug-likeness (QED) is 0.430. The first-order valence-electron chi connectivity index (χ1n) is 10.6. The van der Waals surface area contributed by atoms with Gasteiger partial charge in [0.05, 0.1) is 12.2 Å². The Morgan fingerprint density at radius 1 is 1.03 bits per heavy atom. The van der Waals surface area contributed by atoms with Gasteiger partial charge in [-0.1, -0.05) is 46.3 Å². The summed E-state index contributed by atoms with van der Waals surface area (Å²) in [6.45, 7) is 5.88. The number of benzene rings is 2. The number of carbonyl (C=O) groups is 1. The maximum absolute atomic E-state index is 13.4. The number of aryl methyl sites for hydroxylation is 3. The van der Waals surface area contributed by atoms with Crippen LogP contribution in [0.4, 0.5) is 5.69 Å². The second kappa shape index (κ2) is 9.19. The minimum absolute atomic E-state index is 0.107. The van der Waals surface area contributed by atoms with Crippen molar-refractivity contribution in [1.82, 2.24) is 18.9 Å². The maximum Gasteiger partial charge on any atom is 0.332 e. The molecule has 9 heteroatoms. The molecule has 33 heavy (non-hydrogen) atoms. The lowest BCUT2D eigenvalue weighted by molar-refractivity contribution is -0.116. The van der Waals surface area contributed by atoms with Crippen molar-refractivity contribution >= 4 is 38.6 Å². The van der Waals surface area contributed by atoms with E-state index >= 15 is 0 Å². The van der Waals surface area contributed by atoms with E-state index in [4.69, 9.17) is 0 Å². The van der Waals surface area contributed by atoms with Crippen LogP contribution in [0.25, 0.3) is 11.0 Å². The smallest absolute Gasteiger partial charge is 0.325 e. The van der Waals surface area contributed by atoms with Crippen LogP contribution in [0.2, 0.25) is 0 Å². The number of hydrogen-bond donors (Lipinski definition) is 1. The second-order valence-corrected chi connectivity index (χ2v) is 8.71. The zero-order chi connectivity index (χ0) is 23.7. The normalized spacial score (nSPS) is 11.2. The van der Waals surface area contributed by atoms with Crippen LogP contribution < -0.4 is 16.6 Å². The van der Waals surface area contributed by atoms with Gasteiger partial charge in [0.15, 0.2) is 5.52 Å². The predicted octanol–water partition coefficient (Wildman–Crippen LogP) is 3.45. The molecule has 0 aliphatic carbocycles. The van der Waals surface area contributed by atoms with Crippen LogP contribution in [0.3, 0.4) is 0 Å². The summed E-state index contributed by atoms with van der Waals surface area (Å²) >= 11 is 3.45. The molecule has 1 amide bonds. The topological polar surface area (TPSA) is 90.9 Å². The predicted molar refractivity (Wildman–Crippen MR) is 132 cm³/mol. The van der Waals surface area contributed by atoms with Crippen molar-refractivity contribution in [2.45, 2.75) is 40.4 Å². The molecule has 2 aromatic heterocycles. The number of hydrogen-bond acceptors (Lipinski definition) is 4. The Balaban J connectivity index is 1.81. The molecule has 8 nitrogen and oxygen atoms in total. The van der Waals surface area contributed by atoms with E-state index in [1.807, 2.05) is 56.3 Å². The van der Waals surface area contributed by atoms with Crippen molar-refractivity contribution in [3.05, 3.63) is 90.7 Å². The van der Waals surface area contributed by atoms with Crippen LogP contribution in [-0.4, -0.2) is 24.8 Å². The molecule has 0 unspecified atom stereocenters. The number of anilines is 1. The van der Waals surface area contributed by atoms with Gasteiger partial charge in [-0.15, -0.1) is 0 Å². The van der Waals surface area contributed by atoms with E-state index in [1.165, 1.54) is 9.13 Å². The standard InChI is InChI=1S/C24H24BrN5O3/c1-4-30-22-21(16(3)27-30)28(14-20(31)26-18-10-11-19(25)15(2)12-18)24(33)29(23(22)32)13-17-8-6-5-7-9-17/h5-12H,4,13-14H2,1-3H3,(H,26,31). The van der Waals surface area contributed by atoms with Crippen LogP contribution in [0, 0.1) is 13.8 Å². The summed E-state index contributed by atoms with van der Waals surface area (Å²) in [5.74, 6) is -0.367. The zero-order valence-corrected chi connectivity index (χ0v) is 20.2. The summed E-state index contributed by atoms with van der Waals surface area (Å²) in [6.07, 6.45) is 0. The largest absolute Gasteiger partial charge is 0.332 e. The number of carbonyl (C=O) groups excluding carboxylic acids is 1. The molecule has 0 atom stereocenters. The van der Waals surface area contributed by atoms with Gasteiger partial charge >= 0.3 is 5.69 Å². The summed E-state index contributed by atoms with van der Waals surface area (Å²) in [7, 11) is 0. The molecule has 1 N–H and O–H groups in total. The highest BCUT2D eigenvalue weighted by molar-refractivity contribution is 9.10. The second-order valence-electron chi connectivity index (χ2n) is 7.86. The summed E-state index contributed by atoms with van der Waals surface area (Å²) in [5.41, 5.74) is 2.69. The molecule has 0 fully saturated rings. The highest BCUT2D eigenvalue weighted by Gasteiger charge is 2.21. The Morgan fingerprint density at radius 3 is 2.42 bits per heavy atom. The average molecular weight is 510 g/mol. The van der Waals surface area contributed by atoms with E-state index in [1.54, 1.807) is 17.7 Å². The summed E-state index contributed by atoms with van der Waals surface area (Å²) in [6, 6.07) is 14.8. The first kappa shape index (κ1) is 22.7. The van der Waals surface area contributed by atoms with E-state index in [-0.39, 0.29) is 19.0 Å². The van der Waals surface area contributed by atoms with Gasteiger partial charge in [-0.25, -0.2) is 4.79 Å². The van der Waals surface area contributed by atoms with Crippen LogP contribution in [0.15, 0.2) is 62.6 Å². The minimum Gasteiger partial charge on any atom is -0.325 e.